The quantitative estimate of drug-likeness (QED) is 0.870. The number of carbonyl (C=O) groups is 1. The van der Waals surface area contributed by atoms with Gasteiger partial charge in [0.1, 0.15) is 5.82 Å². The van der Waals surface area contributed by atoms with Crippen molar-refractivity contribution in [3.8, 4) is 0 Å². The van der Waals surface area contributed by atoms with Crippen LogP contribution in [0.15, 0.2) is 36.5 Å². The molecule has 1 amide bonds. The second-order valence-corrected chi connectivity index (χ2v) is 6.30. The Labute approximate surface area is 141 Å². The van der Waals surface area contributed by atoms with E-state index in [1.807, 2.05) is 25.1 Å². The number of carbonyl (C=O) groups excluding carboxylic acids is 1. The minimum atomic E-state index is -0.0767. The third kappa shape index (κ3) is 3.64. The Morgan fingerprint density at radius 2 is 2.00 bits per heavy atom. The smallest absolute Gasteiger partial charge is 0.255 e. The SMILES string of the molecule is Cc1c(Cl)cccc1Nc1ncccc1C(=O)NC1CCCC1. The maximum absolute atomic E-state index is 12.5. The van der Waals surface area contributed by atoms with Gasteiger partial charge in [-0.1, -0.05) is 30.5 Å². The highest BCUT2D eigenvalue weighted by Crippen LogP contribution is 2.27. The summed E-state index contributed by atoms with van der Waals surface area (Å²) in [5, 5.41) is 7.02. The number of nitrogens with one attached hydrogen (secondary N) is 2. The van der Waals surface area contributed by atoms with Gasteiger partial charge in [-0.05, 0) is 49.6 Å². The first-order valence-corrected chi connectivity index (χ1v) is 8.31. The molecule has 3 rings (SSSR count). The molecule has 2 N–H and O–H groups in total. The summed E-state index contributed by atoms with van der Waals surface area (Å²) in [5.41, 5.74) is 2.34. The number of hydrogen-bond acceptors (Lipinski definition) is 3. The Bertz CT molecular complexity index is 711. The molecule has 0 bridgehead atoms. The first-order valence-electron chi connectivity index (χ1n) is 7.93. The summed E-state index contributed by atoms with van der Waals surface area (Å²) in [6, 6.07) is 9.49. The lowest BCUT2D eigenvalue weighted by Crippen LogP contribution is -2.33. The fourth-order valence-corrected chi connectivity index (χ4v) is 3.07. The first kappa shape index (κ1) is 15.8. The molecule has 5 heteroatoms. The molecule has 0 radical (unpaired) electrons. The van der Waals surface area contributed by atoms with E-state index in [4.69, 9.17) is 11.6 Å². The van der Waals surface area contributed by atoms with Crippen LogP contribution >= 0.6 is 11.6 Å². The summed E-state index contributed by atoms with van der Waals surface area (Å²) < 4.78 is 0. The van der Waals surface area contributed by atoms with Crippen molar-refractivity contribution in [1.29, 1.82) is 0 Å². The largest absolute Gasteiger partial charge is 0.349 e. The van der Waals surface area contributed by atoms with Crippen LogP contribution in [0.1, 0.15) is 41.6 Å². The molecule has 0 atom stereocenters. The van der Waals surface area contributed by atoms with Crippen molar-refractivity contribution in [2.45, 2.75) is 38.6 Å². The van der Waals surface area contributed by atoms with Crippen molar-refractivity contribution in [3.63, 3.8) is 0 Å². The number of aromatic nitrogens is 1. The third-order valence-corrected chi connectivity index (χ3v) is 4.67. The first-order chi connectivity index (χ1) is 11.1. The molecule has 0 unspecified atom stereocenters. The van der Waals surface area contributed by atoms with E-state index >= 15 is 0 Å². The van der Waals surface area contributed by atoms with Crippen LogP contribution in [0.25, 0.3) is 0 Å². The Kier molecular flexibility index (Phi) is 4.82. The minimum absolute atomic E-state index is 0.0767. The molecule has 1 aromatic heterocycles. The number of benzene rings is 1. The van der Waals surface area contributed by atoms with Gasteiger partial charge in [0, 0.05) is 22.9 Å². The van der Waals surface area contributed by atoms with E-state index in [0.29, 0.717) is 16.4 Å². The number of amides is 1. The van der Waals surface area contributed by atoms with Gasteiger partial charge < -0.3 is 10.6 Å². The zero-order valence-electron chi connectivity index (χ0n) is 13.1. The molecule has 1 aliphatic carbocycles. The van der Waals surface area contributed by atoms with Crippen molar-refractivity contribution < 1.29 is 4.79 Å². The fourth-order valence-electron chi connectivity index (χ4n) is 2.89. The Morgan fingerprint density at radius 1 is 1.22 bits per heavy atom. The second-order valence-electron chi connectivity index (χ2n) is 5.89. The lowest BCUT2D eigenvalue weighted by atomic mass is 10.1. The lowest BCUT2D eigenvalue weighted by Gasteiger charge is -2.15. The van der Waals surface area contributed by atoms with Gasteiger partial charge in [-0.3, -0.25) is 4.79 Å². The molecular formula is C18H20ClN3O. The monoisotopic (exact) mass is 329 g/mol. The van der Waals surface area contributed by atoms with E-state index < -0.39 is 0 Å². The third-order valence-electron chi connectivity index (χ3n) is 4.26. The van der Waals surface area contributed by atoms with E-state index in [2.05, 4.69) is 15.6 Å². The molecule has 1 saturated carbocycles. The molecule has 2 aromatic rings. The Hall–Kier alpha value is -2.07. The van der Waals surface area contributed by atoms with Gasteiger partial charge in [0.15, 0.2) is 0 Å². The molecule has 1 fully saturated rings. The van der Waals surface area contributed by atoms with E-state index in [0.717, 1.165) is 24.1 Å². The normalized spacial score (nSPS) is 14.7. The van der Waals surface area contributed by atoms with E-state index in [1.165, 1.54) is 12.8 Å². The summed E-state index contributed by atoms with van der Waals surface area (Å²) in [6.07, 6.45) is 6.16. The zero-order chi connectivity index (χ0) is 16.2. The highest BCUT2D eigenvalue weighted by molar-refractivity contribution is 6.31. The second kappa shape index (κ2) is 7.01. The summed E-state index contributed by atoms with van der Waals surface area (Å²) in [6.45, 7) is 1.94. The van der Waals surface area contributed by atoms with Crippen molar-refractivity contribution in [2.24, 2.45) is 0 Å². The number of anilines is 2. The van der Waals surface area contributed by atoms with E-state index in [1.54, 1.807) is 18.3 Å². The molecule has 0 spiro atoms. The number of halogens is 1. The number of nitrogens with zero attached hydrogens (tertiary/aromatic N) is 1. The van der Waals surface area contributed by atoms with Crippen LogP contribution in [-0.2, 0) is 0 Å². The minimum Gasteiger partial charge on any atom is -0.349 e. The number of rotatable bonds is 4. The van der Waals surface area contributed by atoms with Crippen LogP contribution < -0.4 is 10.6 Å². The molecule has 1 heterocycles. The van der Waals surface area contributed by atoms with Crippen molar-refractivity contribution in [2.75, 3.05) is 5.32 Å². The zero-order valence-corrected chi connectivity index (χ0v) is 13.9. The summed E-state index contributed by atoms with van der Waals surface area (Å²) >= 11 is 6.16. The van der Waals surface area contributed by atoms with Crippen molar-refractivity contribution >= 4 is 29.0 Å². The summed E-state index contributed by atoms with van der Waals surface area (Å²) in [7, 11) is 0. The number of pyridine rings is 1. The van der Waals surface area contributed by atoms with E-state index in [-0.39, 0.29) is 11.9 Å². The van der Waals surface area contributed by atoms with Crippen LogP contribution in [0.3, 0.4) is 0 Å². The lowest BCUT2D eigenvalue weighted by molar-refractivity contribution is 0.0938. The van der Waals surface area contributed by atoms with Gasteiger partial charge >= 0.3 is 0 Å². The Balaban J connectivity index is 1.82. The van der Waals surface area contributed by atoms with Gasteiger partial charge in [-0.2, -0.15) is 0 Å². The average Bonchev–Trinajstić information content (AvgIpc) is 3.05. The van der Waals surface area contributed by atoms with Crippen LogP contribution in [0.5, 0.6) is 0 Å². The van der Waals surface area contributed by atoms with Crippen molar-refractivity contribution in [3.05, 3.63) is 52.7 Å². The van der Waals surface area contributed by atoms with Crippen molar-refractivity contribution in [1.82, 2.24) is 10.3 Å². The van der Waals surface area contributed by atoms with Crippen LogP contribution in [-0.4, -0.2) is 16.9 Å². The molecule has 23 heavy (non-hydrogen) atoms. The van der Waals surface area contributed by atoms with Gasteiger partial charge in [-0.15, -0.1) is 0 Å². The van der Waals surface area contributed by atoms with Gasteiger partial charge in [-0.25, -0.2) is 4.98 Å². The maximum atomic E-state index is 12.5. The molecular weight excluding hydrogens is 310 g/mol. The highest BCUT2D eigenvalue weighted by atomic mass is 35.5. The number of hydrogen-bond donors (Lipinski definition) is 2. The average molecular weight is 330 g/mol. The Morgan fingerprint density at radius 3 is 2.78 bits per heavy atom. The maximum Gasteiger partial charge on any atom is 0.255 e. The molecule has 0 aliphatic heterocycles. The predicted molar refractivity (Wildman–Crippen MR) is 93.4 cm³/mol. The summed E-state index contributed by atoms with van der Waals surface area (Å²) in [4.78, 5) is 16.9. The van der Waals surface area contributed by atoms with Gasteiger partial charge in [0.2, 0.25) is 0 Å². The predicted octanol–water partition coefficient (Wildman–Crippen LogP) is 4.46. The molecule has 1 aliphatic rings. The van der Waals surface area contributed by atoms with Gasteiger partial charge in [0.05, 0.1) is 5.56 Å². The fraction of sp³-hybridized carbons (Fsp3) is 0.333. The van der Waals surface area contributed by atoms with Crippen LogP contribution in [0.4, 0.5) is 11.5 Å². The molecule has 4 nitrogen and oxygen atoms in total. The standard InChI is InChI=1S/C18H20ClN3O/c1-12-15(19)9-4-10-16(12)22-17-14(8-5-11-20-17)18(23)21-13-6-2-3-7-13/h4-5,8-11,13H,2-3,6-7H2,1H3,(H,20,22)(H,21,23). The van der Waals surface area contributed by atoms with Gasteiger partial charge in [0.25, 0.3) is 5.91 Å². The summed E-state index contributed by atoms with van der Waals surface area (Å²) in [5.74, 6) is 0.473. The molecule has 1 aromatic carbocycles. The van der Waals surface area contributed by atoms with E-state index in [9.17, 15) is 4.79 Å². The highest BCUT2D eigenvalue weighted by Gasteiger charge is 2.20. The van der Waals surface area contributed by atoms with Crippen LogP contribution in [0.2, 0.25) is 5.02 Å². The molecule has 0 saturated heterocycles. The topological polar surface area (TPSA) is 54.0 Å². The van der Waals surface area contributed by atoms with Crippen LogP contribution in [0, 0.1) is 6.92 Å². The molecule has 120 valence electrons.